The second-order valence-corrected chi connectivity index (χ2v) is 10.9. The third-order valence-corrected chi connectivity index (χ3v) is 8.19. The maximum atomic E-state index is 13.6. The summed E-state index contributed by atoms with van der Waals surface area (Å²) in [6.45, 7) is 7.47. The van der Waals surface area contributed by atoms with Crippen LogP contribution in [-0.2, 0) is 24.4 Å². The molecule has 1 aliphatic heterocycles. The summed E-state index contributed by atoms with van der Waals surface area (Å²) in [7, 11) is -3.99. The summed E-state index contributed by atoms with van der Waals surface area (Å²) in [5.74, 6) is -2.37. The van der Waals surface area contributed by atoms with Gasteiger partial charge in [-0.25, -0.2) is 8.42 Å². The maximum Gasteiger partial charge on any atom is 0.289 e. The minimum absolute atomic E-state index is 0.101. The number of hydrogen-bond donors (Lipinski definition) is 2. The van der Waals surface area contributed by atoms with E-state index in [4.69, 9.17) is 0 Å². The van der Waals surface area contributed by atoms with Gasteiger partial charge < -0.3 is 10.6 Å². The summed E-state index contributed by atoms with van der Waals surface area (Å²) >= 11 is 0. The van der Waals surface area contributed by atoms with Crippen LogP contribution in [0.25, 0.3) is 0 Å². The van der Waals surface area contributed by atoms with E-state index >= 15 is 0 Å². The number of benzene rings is 2. The molecular weight excluding hydrogens is 478 g/mol. The van der Waals surface area contributed by atoms with Crippen LogP contribution >= 0.6 is 0 Å². The van der Waals surface area contributed by atoms with Crippen LogP contribution in [0, 0.1) is 6.92 Å². The Morgan fingerprint density at radius 3 is 2.39 bits per heavy atom. The van der Waals surface area contributed by atoms with Crippen molar-refractivity contribution in [2.24, 2.45) is 0 Å². The average Bonchev–Trinajstić information content (AvgIpc) is 3.34. The van der Waals surface area contributed by atoms with Crippen LogP contribution < -0.4 is 10.6 Å². The lowest BCUT2D eigenvalue weighted by Gasteiger charge is -2.25. The van der Waals surface area contributed by atoms with Crippen LogP contribution in [-0.4, -0.2) is 55.5 Å². The Bertz CT molecular complexity index is 1200. The molecule has 1 saturated heterocycles. The number of carbonyl (C=O) groups excluding carboxylic acids is 3. The van der Waals surface area contributed by atoms with Gasteiger partial charge in [0.15, 0.2) is 0 Å². The molecule has 3 rings (SSSR count). The Labute approximate surface area is 212 Å². The smallest absolute Gasteiger partial charge is 0.289 e. The normalized spacial score (nSPS) is 18.8. The lowest BCUT2D eigenvalue weighted by Crippen LogP contribution is -2.53. The first-order valence-electron chi connectivity index (χ1n) is 12.1. The van der Waals surface area contributed by atoms with Gasteiger partial charge in [-0.15, -0.1) is 6.58 Å². The van der Waals surface area contributed by atoms with E-state index in [-0.39, 0.29) is 36.7 Å². The van der Waals surface area contributed by atoms with Gasteiger partial charge in [0.2, 0.25) is 21.7 Å². The highest BCUT2D eigenvalue weighted by Gasteiger charge is 2.45. The molecular formula is C27H33N3O5S. The predicted molar refractivity (Wildman–Crippen MR) is 138 cm³/mol. The Morgan fingerprint density at radius 1 is 1.11 bits per heavy atom. The molecule has 1 fully saturated rings. The molecule has 1 heterocycles. The second-order valence-electron chi connectivity index (χ2n) is 8.96. The Hall–Kier alpha value is -3.30. The highest BCUT2D eigenvalue weighted by Crippen LogP contribution is 2.36. The summed E-state index contributed by atoms with van der Waals surface area (Å²) in [6, 6.07) is 13.9. The minimum atomic E-state index is -3.99. The van der Waals surface area contributed by atoms with Crippen molar-refractivity contribution in [2.45, 2.75) is 56.0 Å². The maximum absolute atomic E-state index is 13.6. The van der Waals surface area contributed by atoms with Gasteiger partial charge in [-0.1, -0.05) is 67.4 Å². The molecule has 0 aromatic heterocycles. The molecule has 0 spiro atoms. The SMILES string of the molecule is C=CCNC(=O)C(=O)C(CCC)NC(=O)[C@@H]1C[C@H](c2ccccc2)CN1S(=O)(=O)c1ccc(C)cc1. The standard InChI is InChI=1S/C27H33N3O5S/c1-4-9-23(25(31)27(33)28-16-5-2)29-26(32)24-17-21(20-10-7-6-8-11-20)18-30(24)36(34,35)22-14-12-19(3)13-15-22/h5-8,10-15,21,23-24H,2,4,9,16-18H2,1,3H3,(H,28,33)(H,29,32)/t21-,23?,24-/m0/s1. The van der Waals surface area contributed by atoms with Gasteiger partial charge in [0.05, 0.1) is 10.9 Å². The van der Waals surface area contributed by atoms with Crippen LogP contribution in [0.2, 0.25) is 0 Å². The van der Waals surface area contributed by atoms with Crippen molar-refractivity contribution in [1.82, 2.24) is 14.9 Å². The molecule has 0 aliphatic carbocycles. The summed E-state index contributed by atoms with van der Waals surface area (Å²) in [6.07, 6.45) is 2.52. The fraction of sp³-hybridized carbons (Fsp3) is 0.370. The molecule has 0 bridgehead atoms. The highest BCUT2D eigenvalue weighted by molar-refractivity contribution is 7.89. The molecule has 2 aromatic rings. The number of ketones is 1. The van der Waals surface area contributed by atoms with Crippen molar-refractivity contribution >= 4 is 27.6 Å². The monoisotopic (exact) mass is 511 g/mol. The number of carbonyl (C=O) groups is 3. The highest BCUT2D eigenvalue weighted by atomic mass is 32.2. The number of aryl methyl sites for hydroxylation is 1. The fourth-order valence-electron chi connectivity index (χ4n) is 4.36. The molecule has 9 heteroatoms. The van der Waals surface area contributed by atoms with E-state index in [9.17, 15) is 22.8 Å². The Balaban J connectivity index is 1.90. The first-order chi connectivity index (χ1) is 17.2. The van der Waals surface area contributed by atoms with Gasteiger partial charge in [0, 0.05) is 13.1 Å². The number of hydrogen-bond acceptors (Lipinski definition) is 5. The van der Waals surface area contributed by atoms with E-state index < -0.39 is 39.7 Å². The lowest BCUT2D eigenvalue weighted by atomic mass is 9.96. The molecule has 1 aliphatic rings. The number of rotatable bonds is 11. The molecule has 8 nitrogen and oxygen atoms in total. The van der Waals surface area contributed by atoms with Gasteiger partial charge in [0.25, 0.3) is 5.91 Å². The van der Waals surface area contributed by atoms with E-state index in [0.717, 1.165) is 11.1 Å². The van der Waals surface area contributed by atoms with Crippen molar-refractivity contribution in [3.63, 3.8) is 0 Å². The fourth-order valence-corrected chi connectivity index (χ4v) is 6.00. The third kappa shape index (κ3) is 6.27. The summed E-state index contributed by atoms with van der Waals surface area (Å²) in [5, 5.41) is 5.11. The van der Waals surface area contributed by atoms with Gasteiger partial charge >= 0.3 is 0 Å². The topological polar surface area (TPSA) is 113 Å². The Kier molecular flexibility index (Phi) is 9.17. The zero-order chi connectivity index (χ0) is 26.3. The summed E-state index contributed by atoms with van der Waals surface area (Å²) in [4.78, 5) is 38.5. The minimum Gasteiger partial charge on any atom is -0.346 e. The van der Waals surface area contributed by atoms with Gasteiger partial charge in [-0.05, 0) is 43.4 Å². The molecule has 2 aromatic carbocycles. The molecule has 1 unspecified atom stereocenters. The number of amides is 2. The van der Waals surface area contributed by atoms with E-state index in [1.807, 2.05) is 44.2 Å². The molecule has 2 N–H and O–H groups in total. The van der Waals surface area contributed by atoms with Crippen molar-refractivity contribution in [1.29, 1.82) is 0 Å². The zero-order valence-electron chi connectivity index (χ0n) is 20.6. The average molecular weight is 512 g/mol. The first kappa shape index (κ1) is 27.3. The van der Waals surface area contributed by atoms with Crippen LogP contribution in [0.15, 0.2) is 72.1 Å². The number of sulfonamides is 1. The van der Waals surface area contributed by atoms with E-state index in [1.54, 1.807) is 12.1 Å². The van der Waals surface area contributed by atoms with E-state index in [0.29, 0.717) is 6.42 Å². The zero-order valence-corrected chi connectivity index (χ0v) is 21.5. The van der Waals surface area contributed by atoms with Crippen molar-refractivity contribution in [3.8, 4) is 0 Å². The lowest BCUT2D eigenvalue weighted by molar-refractivity contribution is -0.140. The summed E-state index contributed by atoms with van der Waals surface area (Å²) < 4.78 is 28.4. The van der Waals surface area contributed by atoms with Crippen molar-refractivity contribution in [3.05, 3.63) is 78.4 Å². The van der Waals surface area contributed by atoms with Crippen LogP contribution in [0.1, 0.15) is 43.2 Å². The van der Waals surface area contributed by atoms with Gasteiger partial charge in [-0.3, -0.25) is 14.4 Å². The third-order valence-electron chi connectivity index (χ3n) is 6.30. The van der Waals surface area contributed by atoms with E-state index in [1.165, 1.54) is 22.5 Å². The molecule has 0 radical (unpaired) electrons. The molecule has 3 atom stereocenters. The second kappa shape index (κ2) is 12.1. The number of nitrogens with zero attached hydrogens (tertiary/aromatic N) is 1. The van der Waals surface area contributed by atoms with Gasteiger partial charge in [0.1, 0.15) is 6.04 Å². The van der Waals surface area contributed by atoms with Crippen molar-refractivity contribution < 1.29 is 22.8 Å². The molecule has 0 saturated carbocycles. The van der Waals surface area contributed by atoms with Crippen LogP contribution in [0.5, 0.6) is 0 Å². The Morgan fingerprint density at radius 2 is 1.78 bits per heavy atom. The van der Waals surface area contributed by atoms with E-state index in [2.05, 4.69) is 17.2 Å². The first-order valence-corrected chi connectivity index (χ1v) is 13.5. The number of nitrogens with one attached hydrogen (secondary N) is 2. The van der Waals surface area contributed by atoms with Gasteiger partial charge in [-0.2, -0.15) is 4.31 Å². The number of Topliss-reactive ketones (excluding diaryl/α,β-unsaturated/α-hetero) is 1. The van der Waals surface area contributed by atoms with Crippen molar-refractivity contribution in [2.75, 3.05) is 13.1 Å². The predicted octanol–water partition coefficient (Wildman–Crippen LogP) is 2.70. The van der Waals surface area contributed by atoms with Crippen LogP contribution in [0.3, 0.4) is 0 Å². The largest absolute Gasteiger partial charge is 0.346 e. The molecule has 2 amide bonds. The molecule has 36 heavy (non-hydrogen) atoms. The quantitative estimate of drug-likeness (QED) is 0.356. The molecule has 192 valence electrons. The summed E-state index contributed by atoms with van der Waals surface area (Å²) in [5.41, 5.74) is 1.85. The van der Waals surface area contributed by atoms with Crippen LogP contribution in [0.4, 0.5) is 0 Å².